The number of aliphatic carboxylic acids is 6. The van der Waals surface area contributed by atoms with Crippen LogP contribution in [0.15, 0.2) is 54.6 Å². The maximum Gasteiger partial charge on any atom is 2.00 e. The standard InChI is InChI=1S/C57H75N15O15.Mn/c1-64-4-10-67(31-49(73)74)25-43-19-40(20-44(58-43)26-68(11-5-64)32-50(75)76)61-55(85)37-16-38(56(86)62-41-21-45-27-69(33-51(77)78)12-6-65(2)7-13-70(34-52(79)80)28-46(22-41)59-45)18-39(17-37)57(87)63-42-23-47-29-71(35-53(81)82)14-8-66(3)9-15-72(36-54(83)84)30-48(24-42)60-47;/h16-24H,4-15,25-36H2,1-3H3,(H,73,74)(H,75,76)(H,77,78)(H,79,80)(H,81,82)(H,83,84)(H,58,61,85)(H,59,62,86)(H,60,63,87);/q;+2. The summed E-state index contributed by atoms with van der Waals surface area (Å²) in [5, 5.41) is 67.4. The van der Waals surface area contributed by atoms with Crippen LogP contribution in [0.2, 0.25) is 0 Å². The predicted octanol–water partition coefficient (Wildman–Crippen LogP) is -0.218. The van der Waals surface area contributed by atoms with Crippen molar-refractivity contribution in [2.24, 2.45) is 0 Å². The third-order valence-electron chi connectivity index (χ3n) is 14.5. The van der Waals surface area contributed by atoms with Gasteiger partial charge in [0.1, 0.15) is 0 Å². The summed E-state index contributed by atoms with van der Waals surface area (Å²) < 4.78 is 0. The number of nitrogens with one attached hydrogen (secondary N) is 3. The number of amides is 3. The number of pyridine rings is 3. The minimum Gasteiger partial charge on any atom is -0.480 e. The number of benzene rings is 1. The van der Waals surface area contributed by atoms with Gasteiger partial charge in [0.15, 0.2) is 0 Å². The van der Waals surface area contributed by atoms with Crippen molar-refractivity contribution in [3.63, 3.8) is 0 Å². The molecule has 7 rings (SSSR count). The molecule has 0 saturated heterocycles. The molecule has 0 fully saturated rings. The first-order valence-electron chi connectivity index (χ1n) is 28.1. The third kappa shape index (κ3) is 23.0. The van der Waals surface area contributed by atoms with Crippen LogP contribution in [0.25, 0.3) is 0 Å². The van der Waals surface area contributed by atoms with Crippen molar-refractivity contribution >= 4 is 70.6 Å². The molecule has 6 heterocycles. The summed E-state index contributed by atoms with van der Waals surface area (Å²) in [6, 6.07) is 13.0. The summed E-state index contributed by atoms with van der Waals surface area (Å²) in [6.07, 6.45) is 0. The van der Waals surface area contributed by atoms with Gasteiger partial charge in [-0.2, -0.15) is 0 Å². The van der Waals surface area contributed by atoms with E-state index in [0.717, 1.165) is 0 Å². The number of rotatable bonds is 18. The first-order chi connectivity index (χ1) is 41.3. The van der Waals surface area contributed by atoms with Crippen LogP contribution in [-0.4, -0.2) is 282 Å². The molecule has 1 radical (unpaired) electrons. The smallest absolute Gasteiger partial charge is 0.480 e. The number of hydrogen-bond acceptors (Lipinski definition) is 21. The molecule has 30 nitrogen and oxygen atoms in total. The van der Waals surface area contributed by atoms with E-state index >= 15 is 0 Å². The van der Waals surface area contributed by atoms with Gasteiger partial charge in [0.25, 0.3) is 17.7 Å². The van der Waals surface area contributed by atoms with E-state index in [1.165, 1.54) is 18.2 Å². The second kappa shape index (κ2) is 32.9. The summed E-state index contributed by atoms with van der Waals surface area (Å²) in [4.78, 5) is 147. The van der Waals surface area contributed by atoms with Gasteiger partial charge in [0, 0.05) is 152 Å². The van der Waals surface area contributed by atoms with Gasteiger partial charge in [-0.1, -0.05) is 0 Å². The summed E-state index contributed by atoms with van der Waals surface area (Å²) >= 11 is 0. The van der Waals surface area contributed by atoms with Gasteiger partial charge in [-0.05, 0) is 75.7 Å². The monoisotopic (exact) mass is 1260 g/mol. The molecule has 3 aliphatic heterocycles. The second-order valence-corrected chi connectivity index (χ2v) is 22.2. The fourth-order valence-electron chi connectivity index (χ4n) is 10.3. The average molecular weight is 1270 g/mol. The molecule has 9 N–H and O–H groups in total. The zero-order valence-corrected chi connectivity index (χ0v) is 50.4. The Kier molecular flexibility index (Phi) is 25.8. The van der Waals surface area contributed by atoms with Crippen LogP contribution in [0, 0.1) is 0 Å². The maximum atomic E-state index is 14.8. The van der Waals surface area contributed by atoms with Crippen LogP contribution < -0.4 is 16.0 Å². The molecule has 0 saturated carbocycles. The average Bonchev–Trinajstić information content (AvgIpc) is 3.23. The van der Waals surface area contributed by atoms with Gasteiger partial charge in [0.05, 0.1) is 73.4 Å². The molecular formula is C57H75MnN15O15+2. The van der Waals surface area contributed by atoms with E-state index in [1.807, 2.05) is 35.8 Å². The summed E-state index contributed by atoms with van der Waals surface area (Å²) in [5.74, 6) is -8.90. The topological polar surface area (TPSA) is 379 Å². The largest absolute Gasteiger partial charge is 2.00 e. The molecule has 0 unspecified atom stereocenters. The van der Waals surface area contributed by atoms with E-state index < -0.39 is 53.5 Å². The van der Waals surface area contributed by atoms with Crippen LogP contribution in [0.3, 0.4) is 0 Å². The Morgan fingerprint density at radius 1 is 0.318 bits per heavy atom. The Balaban J connectivity index is 0.0000124. The molecule has 31 heteroatoms. The minimum absolute atomic E-state index is 0. The zero-order chi connectivity index (χ0) is 62.9. The van der Waals surface area contributed by atoms with Crippen LogP contribution in [0.4, 0.5) is 17.1 Å². The van der Waals surface area contributed by atoms with E-state index in [4.69, 9.17) is 15.0 Å². The number of carboxylic acids is 6. The van der Waals surface area contributed by atoms with Crippen molar-refractivity contribution in [1.29, 1.82) is 0 Å². The molecule has 4 aromatic rings. The van der Waals surface area contributed by atoms with Crippen molar-refractivity contribution in [1.82, 2.24) is 59.1 Å². The van der Waals surface area contributed by atoms with E-state index in [9.17, 15) is 73.8 Å². The van der Waals surface area contributed by atoms with Crippen LogP contribution in [0.1, 0.15) is 65.2 Å². The number of hydrogen-bond donors (Lipinski definition) is 9. The Hall–Kier alpha value is -7.94. The Morgan fingerprint density at radius 2 is 0.489 bits per heavy atom. The normalized spacial score (nSPS) is 17.4. The molecule has 1 aromatic carbocycles. The third-order valence-corrected chi connectivity index (χ3v) is 14.5. The number of anilines is 3. The molecule has 473 valence electrons. The summed E-state index contributed by atoms with van der Waals surface area (Å²) in [5.41, 5.74) is 2.06. The van der Waals surface area contributed by atoms with Crippen molar-refractivity contribution in [2.45, 2.75) is 39.3 Å². The summed E-state index contributed by atoms with van der Waals surface area (Å²) in [7, 11) is 5.55. The second-order valence-electron chi connectivity index (χ2n) is 22.2. The molecular weight excluding hydrogens is 1190 g/mol. The van der Waals surface area contributed by atoms with E-state index in [0.29, 0.717) is 113 Å². The molecule has 0 atom stereocenters. The quantitative estimate of drug-likeness (QED) is 0.0582. The van der Waals surface area contributed by atoms with Gasteiger partial charge in [-0.3, -0.25) is 87.5 Å². The Morgan fingerprint density at radius 3 is 0.648 bits per heavy atom. The van der Waals surface area contributed by atoms with Crippen molar-refractivity contribution in [2.75, 3.05) is 155 Å². The number of nitrogens with zero attached hydrogens (tertiary/aromatic N) is 12. The van der Waals surface area contributed by atoms with E-state index in [2.05, 4.69) is 16.0 Å². The van der Waals surface area contributed by atoms with Crippen molar-refractivity contribution < 1.29 is 90.9 Å². The van der Waals surface area contributed by atoms with Crippen molar-refractivity contribution in [3.8, 4) is 0 Å². The number of carbonyl (C=O) groups excluding carboxylic acids is 3. The van der Waals surface area contributed by atoms with E-state index in [-0.39, 0.29) is 129 Å². The first kappa shape index (κ1) is 69.2. The SMILES string of the molecule is CN1CCN(CC(=O)O)Cc2cc(NC(=O)c3cc(C(=O)Nc4cc5nc(c4)CN(CC(=O)O)CCN(C)CCN(CC(=O)O)C5)cc(C(=O)Nc4cc5nc(c4)CN(CC(=O)O)CCN(C)CCN(CC(=O)O)C5)c3)cc(n2)CN(CC(=O)O)CC1.[Mn+2]. The molecule has 0 aliphatic carbocycles. The van der Waals surface area contributed by atoms with Gasteiger partial charge in [-0.25, -0.2) is 0 Å². The summed E-state index contributed by atoms with van der Waals surface area (Å²) in [6.45, 7) is 2.82. The number of aromatic nitrogens is 3. The van der Waals surface area contributed by atoms with Gasteiger partial charge in [-0.15, -0.1) is 0 Å². The number of carbonyl (C=O) groups is 9. The number of fused-ring (bicyclic) bond motifs is 6. The first-order valence-corrected chi connectivity index (χ1v) is 28.1. The molecule has 3 amide bonds. The van der Waals surface area contributed by atoms with Gasteiger partial charge >= 0.3 is 52.9 Å². The predicted molar refractivity (Wildman–Crippen MR) is 313 cm³/mol. The molecule has 6 bridgehead atoms. The molecule has 0 spiro atoms. The van der Waals surface area contributed by atoms with Crippen LogP contribution >= 0.6 is 0 Å². The Bertz CT molecular complexity index is 2710. The molecule has 3 aromatic heterocycles. The molecule has 3 aliphatic rings. The maximum absolute atomic E-state index is 14.8. The minimum atomic E-state index is -1.08. The van der Waals surface area contributed by atoms with E-state index in [1.54, 1.807) is 65.8 Å². The van der Waals surface area contributed by atoms with Crippen LogP contribution in [0.5, 0.6) is 0 Å². The Labute approximate surface area is 518 Å². The number of carboxylic acid groups (broad SMARTS) is 6. The number of likely N-dealkylation sites (N-methyl/N-ethyl adjacent to an activating group) is 3. The molecule has 88 heavy (non-hydrogen) atoms. The fourth-order valence-corrected chi connectivity index (χ4v) is 10.3. The fraction of sp³-hybridized carbons (Fsp3) is 0.474. The van der Waals surface area contributed by atoms with Gasteiger partial charge < -0.3 is 61.3 Å². The van der Waals surface area contributed by atoms with Crippen molar-refractivity contribution in [3.05, 3.63) is 105 Å². The zero-order valence-electron chi connectivity index (χ0n) is 49.3. The van der Waals surface area contributed by atoms with Crippen LogP contribution in [-0.2, 0) is 85.1 Å². The van der Waals surface area contributed by atoms with Gasteiger partial charge in [0.2, 0.25) is 0 Å².